The van der Waals surface area contributed by atoms with Gasteiger partial charge in [-0.05, 0) is 37.3 Å². The van der Waals surface area contributed by atoms with Gasteiger partial charge in [-0.1, -0.05) is 35.9 Å². The van der Waals surface area contributed by atoms with E-state index in [2.05, 4.69) is 5.32 Å². The van der Waals surface area contributed by atoms with Crippen molar-refractivity contribution < 1.29 is 19.1 Å². The van der Waals surface area contributed by atoms with E-state index in [-0.39, 0.29) is 17.3 Å². The molecular weight excluding hydrogens is 406 g/mol. The summed E-state index contributed by atoms with van der Waals surface area (Å²) in [6.07, 6.45) is 0. The van der Waals surface area contributed by atoms with Gasteiger partial charge in [-0.15, -0.1) is 0 Å². The Bertz CT molecular complexity index is 1320. The average molecular weight is 429 g/mol. The first kappa shape index (κ1) is 21.0. The molecule has 0 saturated heterocycles. The Morgan fingerprint density at radius 3 is 2.28 bits per heavy atom. The van der Waals surface area contributed by atoms with Crippen molar-refractivity contribution in [1.82, 2.24) is 4.57 Å². The van der Waals surface area contributed by atoms with E-state index < -0.39 is 5.91 Å². The first-order valence-electron chi connectivity index (χ1n) is 9.98. The number of para-hydroxylation sites is 1. The average Bonchev–Trinajstić information content (AvgIpc) is 3.10. The van der Waals surface area contributed by atoms with E-state index in [9.17, 15) is 9.59 Å². The predicted molar refractivity (Wildman–Crippen MR) is 125 cm³/mol. The lowest BCUT2D eigenvalue weighted by Crippen LogP contribution is -2.18. The van der Waals surface area contributed by atoms with Gasteiger partial charge in [0.05, 0.1) is 25.3 Å². The highest BCUT2D eigenvalue weighted by molar-refractivity contribution is 6.20. The molecule has 0 spiro atoms. The molecular formula is C25H23N3O4. The Morgan fingerprint density at radius 2 is 1.59 bits per heavy atom. The summed E-state index contributed by atoms with van der Waals surface area (Å²) >= 11 is 0. The molecule has 0 aliphatic rings. The maximum atomic E-state index is 13.3. The smallest absolute Gasteiger partial charge is 0.263 e. The molecule has 0 bridgehead atoms. The molecule has 0 aliphatic heterocycles. The van der Waals surface area contributed by atoms with Gasteiger partial charge in [-0.2, -0.15) is 0 Å². The number of aryl methyl sites for hydroxylation is 1. The number of benzene rings is 3. The van der Waals surface area contributed by atoms with Crippen LogP contribution in [0.15, 0.2) is 66.7 Å². The van der Waals surface area contributed by atoms with Crippen LogP contribution < -0.4 is 20.5 Å². The van der Waals surface area contributed by atoms with Gasteiger partial charge in [0.15, 0.2) is 11.5 Å². The van der Waals surface area contributed by atoms with Crippen molar-refractivity contribution >= 4 is 34.2 Å². The molecule has 3 N–H and O–H groups in total. The van der Waals surface area contributed by atoms with Gasteiger partial charge in [0.2, 0.25) is 0 Å². The van der Waals surface area contributed by atoms with E-state index in [0.29, 0.717) is 33.7 Å². The number of nitrogens with two attached hydrogens (primary N) is 1. The molecule has 1 aromatic heterocycles. The third-order valence-electron chi connectivity index (χ3n) is 5.28. The normalized spacial score (nSPS) is 10.7. The van der Waals surface area contributed by atoms with E-state index in [1.54, 1.807) is 54.6 Å². The number of nitrogen functional groups attached to an aromatic ring is 1. The van der Waals surface area contributed by atoms with Crippen LogP contribution >= 0.6 is 0 Å². The Balaban J connectivity index is 1.77. The molecule has 4 aromatic rings. The number of fused-ring (bicyclic) bond motifs is 1. The Hall–Kier alpha value is -4.26. The number of hydrogen-bond donors (Lipinski definition) is 2. The molecule has 0 unspecified atom stereocenters. The van der Waals surface area contributed by atoms with E-state index in [1.807, 2.05) is 19.1 Å². The minimum absolute atomic E-state index is 0.0785. The summed E-state index contributed by atoms with van der Waals surface area (Å²) < 4.78 is 11.9. The highest BCUT2D eigenvalue weighted by Gasteiger charge is 2.25. The van der Waals surface area contributed by atoms with Crippen LogP contribution in [0.2, 0.25) is 0 Å². The molecule has 1 heterocycles. The number of rotatable bonds is 5. The number of amides is 1. The molecule has 0 saturated carbocycles. The summed E-state index contributed by atoms with van der Waals surface area (Å²) in [5.41, 5.74) is 9.21. The second-order valence-electron chi connectivity index (χ2n) is 7.31. The van der Waals surface area contributed by atoms with E-state index >= 15 is 0 Å². The van der Waals surface area contributed by atoms with Crippen LogP contribution in [0.25, 0.3) is 10.9 Å². The second kappa shape index (κ2) is 8.47. The van der Waals surface area contributed by atoms with E-state index in [1.165, 1.54) is 18.8 Å². The fourth-order valence-corrected chi connectivity index (χ4v) is 3.65. The van der Waals surface area contributed by atoms with Gasteiger partial charge >= 0.3 is 0 Å². The number of nitrogens with zero attached hydrogens (tertiary/aromatic N) is 1. The van der Waals surface area contributed by atoms with Crippen molar-refractivity contribution in [2.75, 3.05) is 25.3 Å². The third-order valence-corrected chi connectivity index (χ3v) is 5.28. The highest BCUT2D eigenvalue weighted by Crippen LogP contribution is 2.32. The first-order chi connectivity index (χ1) is 15.4. The molecule has 0 radical (unpaired) electrons. The molecule has 7 heteroatoms. The quantitative estimate of drug-likeness (QED) is 0.487. The third kappa shape index (κ3) is 3.65. The molecule has 162 valence electrons. The summed E-state index contributed by atoms with van der Waals surface area (Å²) in [5.74, 6) is 0.376. The van der Waals surface area contributed by atoms with Gasteiger partial charge in [-0.3, -0.25) is 14.2 Å². The summed E-state index contributed by atoms with van der Waals surface area (Å²) in [4.78, 5) is 26.5. The van der Waals surface area contributed by atoms with E-state index in [0.717, 1.165) is 5.56 Å². The molecule has 7 nitrogen and oxygen atoms in total. The molecule has 0 fully saturated rings. The van der Waals surface area contributed by atoms with Gasteiger partial charge in [0.1, 0.15) is 5.82 Å². The van der Waals surface area contributed by atoms with Crippen LogP contribution in [0.4, 0.5) is 11.5 Å². The van der Waals surface area contributed by atoms with Gasteiger partial charge in [0.25, 0.3) is 11.8 Å². The minimum Gasteiger partial charge on any atom is -0.493 e. The molecule has 1 amide bonds. The number of ether oxygens (including phenoxy) is 2. The van der Waals surface area contributed by atoms with Crippen LogP contribution in [0.5, 0.6) is 11.5 Å². The zero-order valence-electron chi connectivity index (χ0n) is 18.0. The zero-order valence-corrected chi connectivity index (χ0v) is 18.0. The number of nitrogens with one attached hydrogen (secondary N) is 1. The van der Waals surface area contributed by atoms with Crippen LogP contribution in [0.3, 0.4) is 0 Å². The number of hydrogen-bond acceptors (Lipinski definition) is 5. The summed E-state index contributed by atoms with van der Waals surface area (Å²) in [7, 11) is 3.06. The maximum Gasteiger partial charge on any atom is 0.263 e. The number of carbonyl (C=O) groups is 2. The Labute approximate surface area is 185 Å². The van der Waals surface area contributed by atoms with Crippen LogP contribution in [0.1, 0.15) is 26.3 Å². The van der Waals surface area contributed by atoms with Gasteiger partial charge < -0.3 is 20.5 Å². The number of methoxy groups -OCH3 is 2. The van der Waals surface area contributed by atoms with Crippen molar-refractivity contribution in [2.24, 2.45) is 0 Å². The van der Waals surface area contributed by atoms with Crippen molar-refractivity contribution in [3.8, 4) is 11.5 Å². The lowest BCUT2D eigenvalue weighted by atomic mass is 10.1. The number of carbonyl (C=O) groups excluding carboxylic acids is 2. The fourth-order valence-electron chi connectivity index (χ4n) is 3.65. The van der Waals surface area contributed by atoms with Crippen molar-refractivity contribution in [1.29, 1.82) is 0 Å². The maximum absolute atomic E-state index is 13.3. The number of aromatic nitrogens is 1. The monoisotopic (exact) mass is 429 g/mol. The predicted octanol–water partition coefficient (Wildman–Crippen LogP) is 4.49. The van der Waals surface area contributed by atoms with Gasteiger partial charge in [-0.25, -0.2) is 0 Å². The minimum atomic E-state index is -0.429. The first-order valence-corrected chi connectivity index (χ1v) is 9.98. The standard InChI is InChI=1S/C25H23N3O4/c1-15-8-10-16(11-9-15)25(30)28-19-7-5-4-6-18(19)22(23(28)26)24(29)27-17-12-13-20(31-2)21(14-17)32-3/h4-14H,26H2,1-3H3,(H,27,29). The molecule has 0 aliphatic carbocycles. The lowest BCUT2D eigenvalue weighted by molar-refractivity contribution is 0.0967. The Morgan fingerprint density at radius 1 is 0.906 bits per heavy atom. The van der Waals surface area contributed by atoms with Crippen LogP contribution in [-0.4, -0.2) is 30.6 Å². The zero-order chi connectivity index (χ0) is 22.8. The van der Waals surface area contributed by atoms with Crippen molar-refractivity contribution in [3.05, 3.63) is 83.4 Å². The topological polar surface area (TPSA) is 95.6 Å². The summed E-state index contributed by atoms with van der Waals surface area (Å²) in [5, 5.41) is 3.42. The SMILES string of the molecule is COc1ccc(NC(=O)c2c(N)n(C(=O)c3ccc(C)cc3)c3ccccc23)cc1OC. The molecule has 0 atom stereocenters. The van der Waals surface area contributed by atoms with Crippen molar-refractivity contribution in [2.45, 2.75) is 6.92 Å². The second-order valence-corrected chi connectivity index (χ2v) is 7.31. The molecule has 32 heavy (non-hydrogen) atoms. The lowest BCUT2D eigenvalue weighted by Gasteiger charge is -2.11. The fraction of sp³-hybridized carbons (Fsp3) is 0.120. The largest absolute Gasteiger partial charge is 0.493 e. The highest BCUT2D eigenvalue weighted by atomic mass is 16.5. The van der Waals surface area contributed by atoms with Crippen LogP contribution in [-0.2, 0) is 0 Å². The molecule has 4 rings (SSSR count). The van der Waals surface area contributed by atoms with E-state index in [4.69, 9.17) is 15.2 Å². The van der Waals surface area contributed by atoms with Gasteiger partial charge in [0, 0.05) is 22.7 Å². The number of anilines is 2. The van der Waals surface area contributed by atoms with Crippen molar-refractivity contribution in [3.63, 3.8) is 0 Å². The molecule has 3 aromatic carbocycles. The summed E-state index contributed by atoms with van der Waals surface area (Å²) in [6.45, 7) is 1.95. The van der Waals surface area contributed by atoms with Crippen LogP contribution in [0, 0.1) is 6.92 Å². The Kier molecular flexibility index (Phi) is 5.55. The summed E-state index contributed by atoms with van der Waals surface area (Å²) in [6, 6.07) is 19.4.